The van der Waals surface area contributed by atoms with E-state index in [0.29, 0.717) is 18.7 Å². The van der Waals surface area contributed by atoms with Crippen LogP contribution in [0.5, 0.6) is 5.75 Å². The number of carbonyl (C=O) groups excluding carboxylic acids is 1. The van der Waals surface area contributed by atoms with Gasteiger partial charge in [-0.15, -0.1) is 0 Å². The molecule has 1 saturated heterocycles. The fourth-order valence-electron chi connectivity index (χ4n) is 4.03. The van der Waals surface area contributed by atoms with Gasteiger partial charge in [0.1, 0.15) is 11.5 Å². The average Bonchev–Trinajstić information content (AvgIpc) is 3.05. The summed E-state index contributed by atoms with van der Waals surface area (Å²) in [6.45, 7) is 2.34. The smallest absolute Gasteiger partial charge is 0.243 e. The molecule has 3 rings (SSSR count). The van der Waals surface area contributed by atoms with E-state index in [1.807, 2.05) is 6.92 Å². The molecule has 1 aliphatic heterocycles. The van der Waals surface area contributed by atoms with Crippen molar-refractivity contribution < 1.29 is 17.9 Å². The van der Waals surface area contributed by atoms with E-state index in [4.69, 9.17) is 4.74 Å². The number of Topliss-reactive ketones (excluding diaryl/α,β-unsaturated/α-hetero) is 1. The Balaban J connectivity index is 1.90. The molecule has 0 radical (unpaired) electrons. The molecule has 132 valence electrons. The van der Waals surface area contributed by atoms with E-state index < -0.39 is 10.0 Å². The van der Waals surface area contributed by atoms with E-state index in [1.54, 1.807) is 29.6 Å². The number of ether oxygens (including phenoxy) is 1. The lowest BCUT2D eigenvalue weighted by molar-refractivity contribution is -0.126. The van der Waals surface area contributed by atoms with Gasteiger partial charge >= 0.3 is 0 Å². The van der Waals surface area contributed by atoms with Crippen molar-refractivity contribution >= 4 is 15.8 Å². The van der Waals surface area contributed by atoms with Crippen molar-refractivity contribution in [1.29, 1.82) is 0 Å². The molecule has 0 amide bonds. The second-order valence-corrected chi connectivity index (χ2v) is 8.67. The van der Waals surface area contributed by atoms with Gasteiger partial charge in [-0.2, -0.15) is 4.31 Å². The third-order valence-electron chi connectivity index (χ3n) is 5.29. The first kappa shape index (κ1) is 17.4. The second-order valence-electron chi connectivity index (χ2n) is 6.78. The van der Waals surface area contributed by atoms with E-state index in [9.17, 15) is 13.2 Å². The van der Waals surface area contributed by atoms with Crippen LogP contribution in [0.2, 0.25) is 0 Å². The van der Waals surface area contributed by atoms with Crippen LogP contribution in [-0.4, -0.2) is 38.2 Å². The van der Waals surface area contributed by atoms with Crippen molar-refractivity contribution in [2.45, 2.75) is 56.4 Å². The first-order valence-corrected chi connectivity index (χ1v) is 10.1. The summed E-state index contributed by atoms with van der Waals surface area (Å²) in [6.07, 6.45) is 4.97. The number of methoxy groups -OCH3 is 1. The molecule has 1 saturated carbocycles. The van der Waals surface area contributed by atoms with Crippen molar-refractivity contribution in [3.05, 3.63) is 23.8 Å². The predicted molar refractivity (Wildman–Crippen MR) is 91.6 cm³/mol. The Morgan fingerprint density at radius 1 is 1.17 bits per heavy atom. The number of carbonyl (C=O) groups is 1. The largest absolute Gasteiger partial charge is 0.496 e. The zero-order chi connectivity index (χ0) is 17.3. The molecule has 1 heterocycles. The van der Waals surface area contributed by atoms with Crippen molar-refractivity contribution in [2.75, 3.05) is 13.7 Å². The highest BCUT2D eigenvalue weighted by Gasteiger charge is 2.42. The molecule has 2 unspecified atom stereocenters. The minimum absolute atomic E-state index is 0.129. The Morgan fingerprint density at radius 3 is 2.62 bits per heavy atom. The molecule has 5 nitrogen and oxygen atoms in total. The second kappa shape index (κ2) is 6.84. The lowest BCUT2D eigenvalue weighted by atomic mass is 9.82. The first-order chi connectivity index (χ1) is 11.4. The van der Waals surface area contributed by atoms with Crippen LogP contribution < -0.4 is 4.74 Å². The highest BCUT2D eigenvalue weighted by atomic mass is 32.2. The van der Waals surface area contributed by atoms with Crippen LogP contribution in [0.1, 0.15) is 44.1 Å². The number of benzene rings is 1. The number of hydrogen-bond donors (Lipinski definition) is 0. The van der Waals surface area contributed by atoms with E-state index >= 15 is 0 Å². The van der Waals surface area contributed by atoms with Crippen LogP contribution in [0.15, 0.2) is 23.1 Å². The van der Waals surface area contributed by atoms with Crippen LogP contribution in [-0.2, 0) is 14.8 Å². The Morgan fingerprint density at radius 2 is 1.96 bits per heavy atom. The highest BCUT2D eigenvalue weighted by Crippen LogP contribution is 2.36. The molecular weight excluding hydrogens is 326 g/mol. The van der Waals surface area contributed by atoms with Crippen molar-refractivity contribution in [2.24, 2.45) is 5.92 Å². The van der Waals surface area contributed by atoms with Gasteiger partial charge in [0.2, 0.25) is 10.0 Å². The molecule has 6 heteroatoms. The van der Waals surface area contributed by atoms with Crippen molar-refractivity contribution in [1.82, 2.24) is 4.31 Å². The van der Waals surface area contributed by atoms with Crippen molar-refractivity contribution in [3.8, 4) is 5.75 Å². The number of nitrogens with zero attached hydrogens (tertiary/aromatic N) is 1. The first-order valence-electron chi connectivity index (χ1n) is 8.64. The standard InChI is InChI=1S/C18H25NO4S/c1-13-12-14(9-10-18(13)23-2)24(21,22)19-11-5-7-16(19)15-6-3-4-8-17(15)20/h9-10,12,15-16H,3-8,11H2,1-2H3. The molecule has 2 aliphatic rings. The van der Waals surface area contributed by atoms with Crippen LogP contribution >= 0.6 is 0 Å². The zero-order valence-electron chi connectivity index (χ0n) is 14.3. The molecule has 0 bridgehead atoms. The maximum Gasteiger partial charge on any atom is 0.243 e. The Bertz CT molecular complexity index is 729. The minimum Gasteiger partial charge on any atom is -0.496 e. The van der Waals surface area contributed by atoms with E-state index in [0.717, 1.165) is 37.7 Å². The minimum atomic E-state index is -3.58. The highest BCUT2D eigenvalue weighted by molar-refractivity contribution is 7.89. The molecule has 1 aromatic rings. The van der Waals surface area contributed by atoms with Gasteiger partial charge in [-0.3, -0.25) is 4.79 Å². The molecule has 24 heavy (non-hydrogen) atoms. The number of sulfonamides is 1. The van der Waals surface area contributed by atoms with Crippen LogP contribution in [0.25, 0.3) is 0 Å². The summed E-state index contributed by atoms with van der Waals surface area (Å²) in [5.74, 6) is 0.781. The summed E-state index contributed by atoms with van der Waals surface area (Å²) in [7, 11) is -2.01. The number of ketones is 1. The SMILES string of the molecule is COc1ccc(S(=O)(=O)N2CCCC2C2CCCCC2=O)cc1C. The summed E-state index contributed by atoms with van der Waals surface area (Å²) in [4.78, 5) is 12.6. The molecule has 0 aromatic heterocycles. The van der Waals surface area contributed by atoms with Gasteiger partial charge in [0.05, 0.1) is 12.0 Å². The monoisotopic (exact) mass is 351 g/mol. The summed E-state index contributed by atoms with van der Waals surface area (Å²) < 4.78 is 33.0. The van der Waals surface area contributed by atoms with Gasteiger partial charge in [-0.25, -0.2) is 8.42 Å². The third-order valence-corrected chi connectivity index (χ3v) is 7.21. The maximum atomic E-state index is 13.1. The molecule has 2 fully saturated rings. The van der Waals surface area contributed by atoms with Gasteiger partial charge in [0, 0.05) is 24.9 Å². The van der Waals surface area contributed by atoms with E-state index in [2.05, 4.69) is 0 Å². The fourth-order valence-corrected chi connectivity index (χ4v) is 5.84. The Kier molecular flexibility index (Phi) is 4.97. The number of aryl methyl sites for hydroxylation is 1. The fraction of sp³-hybridized carbons (Fsp3) is 0.611. The molecular formula is C18H25NO4S. The molecule has 2 atom stereocenters. The zero-order valence-corrected chi connectivity index (χ0v) is 15.1. The van der Waals surface area contributed by atoms with Gasteiger partial charge in [-0.1, -0.05) is 6.42 Å². The summed E-state index contributed by atoms with van der Waals surface area (Å²) >= 11 is 0. The topological polar surface area (TPSA) is 63.7 Å². The van der Waals surface area contributed by atoms with Crippen molar-refractivity contribution in [3.63, 3.8) is 0 Å². The molecule has 0 N–H and O–H groups in total. The summed E-state index contributed by atoms with van der Waals surface area (Å²) in [5.41, 5.74) is 0.795. The molecule has 1 aliphatic carbocycles. The quantitative estimate of drug-likeness (QED) is 0.837. The van der Waals surface area contributed by atoms with Crippen LogP contribution in [0, 0.1) is 12.8 Å². The summed E-state index contributed by atoms with van der Waals surface area (Å²) in [5, 5.41) is 0. The third kappa shape index (κ3) is 3.09. The average molecular weight is 351 g/mol. The lowest BCUT2D eigenvalue weighted by Gasteiger charge is -2.32. The Hall–Kier alpha value is -1.40. The molecule has 0 spiro atoms. The maximum absolute atomic E-state index is 13.1. The lowest BCUT2D eigenvalue weighted by Crippen LogP contribution is -2.43. The van der Waals surface area contributed by atoms with Gasteiger partial charge in [-0.05, 0) is 56.4 Å². The van der Waals surface area contributed by atoms with E-state index in [1.165, 1.54) is 0 Å². The normalized spacial score (nSPS) is 25.8. The van der Waals surface area contributed by atoms with Gasteiger partial charge in [0.25, 0.3) is 0 Å². The molecule has 1 aromatic carbocycles. The van der Waals surface area contributed by atoms with Gasteiger partial charge < -0.3 is 4.74 Å². The summed E-state index contributed by atoms with van der Waals surface area (Å²) in [6, 6.07) is 4.77. The van der Waals surface area contributed by atoms with E-state index in [-0.39, 0.29) is 22.6 Å². The van der Waals surface area contributed by atoms with Crippen LogP contribution in [0.3, 0.4) is 0 Å². The number of rotatable bonds is 4. The Labute approximate surface area is 144 Å². The van der Waals surface area contributed by atoms with Crippen LogP contribution in [0.4, 0.5) is 0 Å². The number of hydrogen-bond acceptors (Lipinski definition) is 4. The predicted octanol–water partition coefficient (Wildman–Crippen LogP) is 2.92. The van der Waals surface area contributed by atoms with Gasteiger partial charge in [0.15, 0.2) is 0 Å².